The SMILES string of the molecule is C=C[C@@]1(C)[C@@H]2CC3(CC3)C[C@@H]2C[C@@H]1C=O. The maximum Gasteiger partial charge on any atom is 0.123 e. The molecule has 1 spiro atoms. The minimum Gasteiger partial charge on any atom is -0.303 e. The molecule has 1 heteroatoms. The van der Waals surface area contributed by atoms with E-state index < -0.39 is 0 Å². The van der Waals surface area contributed by atoms with Crippen LogP contribution in [0.2, 0.25) is 0 Å². The van der Waals surface area contributed by atoms with Crippen LogP contribution in [0.5, 0.6) is 0 Å². The molecule has 0 radical (unpaired) electrons. The van der Waals surface area contributed by atoms with Gasteiger partial charge in [-0.15, -0.1) is 6.58 Å². The lowest BCUT2D eigenvalue weighted by Crippen LogP contribution is -2.27. The van der Waals surface area contributed by atoms with Gasteiger partial charge in [0.1, 0.15) is 6.29 Å². The molecule has 3 aliphatic carbocycles. The first-order chi connectivity index (χ1) is 7.13. The highest BCUT2D eigenvalue weighted by Gasteiger charge is 2.61. The molecule has 0 aromatic rings. The highest BCUT2D eigenvalue weighted by Crippen LogP contribution is 2.69. The molecule has 0 saturated heterocycles. The first-order valence-corrected chi connectivity index (χ1v) is 6.22. The topological polar surface area (TPSA) is 17.1 Å². The summed E-state index contributed by atoms with van der Waals surface area (Å²) in [6.45, 7) is 6.24. The number of carbonyl (C=O) groups excluding carboxylic acids is 1. The van der Waals surface area contributed by atoms with Crippen molar-refractivity contribution in [3.8, 4) is 0 Å². The van der Waals surface area contributed by atoms with Crippen molar-refractivity contribution >= 4 is 6.29 Å². The van der Waals surface area contributed by atoms with E-state index in [0.717, 1.165) is 18.3 Å². The molecule has 82 valence electrons. The molecular formula is C14H20O. The van der Waals surface area contributed by atoms with Gasteiger partial charge in [-0.2, -0.15) is 0 Å². The van der Waals surface area contributed by atoms with E-state index in [1.165, 1.54) is 32.0 Å². The van der Waals surface area contributed by atoms with Crippen LogP contribution in [0.4, 0.5) is 0 Å². The molecule has 0 unspecified atom stereocenters. The number of fused-ring (bicyclic) bond motifs is 1. The summed E-state index contributed by atoms with van der Waals surface area (Å²) in [7, 11) is 0. The van der Waals surface area contributed by atoms with E-state index >= 15 is 0 Å². The van der Waals surface area contributed by atoms with Crippen molar-refractivity contribution in [2.45, 2.75) is 39.0 Å². The van der Waals surface area contributed by atoms with E-state index in [2.05, 4.69) is 19.6 Å². The second kappa shape index (κ2) is 2.75. The molecule has 4 atom stereocenters. The average Bonchev–Trinajstić information content (AvgIpc) is 2.79. The zero-order valence-corrected chi connectivity index (χ0v) is 9.54. The van der Waals surface area contributed by atoms with Crippen LogP contribution in [0.1, 0.15) is 39.0 Å². The van der Waals surface area contributed by atoms with Gasteiger partial charge in [0.05, 0.1) is 0 Å². The first kappa shape index (κ1) is 9.62. The van der Waals surface area contributed by atoms with Crippen LogP contribution in [-0.4, -0.2) is 6.29 Å². The summed E-state index contributed by atoms with van der Waals surface area (Å²) >= 11 is 0. The van der Waals surface area contributed by atoms with Gasteiger partial charge in [-0.25, -0.2) is 0 Å². The van der Waals surface area contributed by atoms with Crippen molar-refractivity contribution < 1.29 is 4.79 Å². The van der Waals surface area contributed by atoms with Crippen LogP contribution in [0.25, 0.3) is 0 Å². The summed E-state index contributed by atoms with van der Waals surface area (Å²) in [6, 6.07) is 0. The maximum absolute atomic E-state index is 11.1. The normalized spacial score (nSPS) is 50.3. The molecule has 0 heterocycles. The number of hydrogen-bond acceptors (Lipinski definition) is 1. The van der Waals surface area contributed by atoms with E-state index in [0.29, 0.717) is 5.41 Å². The van der Waals surface area contributed by atoms with Crippen molar-refractivity contribution in [1.29, 1.82) is 0 Å². The first-order valence-electron chi connectivity index (χ1n) is 6.22. The van der Waals surface area contributed by atoms with Gasteiger partial charge in [-0.3, -0.25) is 0 Å². The fraction of sp³-hybridized carbons (Fsp3) is 0.786. The van der Waals surface area contributed by atoms with Gasteiger partial charge in [-0.05, 0) is 54.8 Å². The minimum atomic E-state index is 0.0957. The predicted molar refractivity (Wildman–Crippen MR) is 60.4 cm³/mol. The molecule has 3 fully saturated rings. The Balaban J connectivity index is 1.91. The highest BCUT2D eigenvalue weighted by molar-refractivity contribution is 5.57. The number of rotatable bonds is 2. The number of aldehydes is 1. The summed E-state index contributed by atoms with van der Waals surface area (Å²) < 4.78 is 0. The predicted octanol–water partition coefficient (Wildman–Crippen LogP) is 3.20. The molecular weight excluding hydrogens is 184 g/mol. The van der Waals surface area contributed by atoms with Crippen LogP contribution >= 0.6 is 0 Å². The molecule has 0 aromatic heterocycles. The summed E-state index contributed by atoms with van der Waals surface area (Å²) in [5.74, 6) is 1.79. The average molecular weight is 204 g/mol. The molecule has 0 bridgehead atoms. The van der Waals surface area contributed by atoms with Gasteiger partial charge in [0.25, 0.3) is 0 Å². The monoisotopic (exact) mass is 204 g/mol. The van der Waals surface area contributed by atoms with E-state index in [-0.39, 0.29) is 11.3 Å². The van der Waals surface area contributed by atoms with Crippen molar-refractivity contribution in [3.63, 3.8) is 0 Å². The van der Waals surface area contributed by atoms with Crippen LogP contribution in [-0.2, 0) is 4.79 Å². The molecule has 0 aliphatic heterocycles. The van der Waals surface area contributed by atoms with Crippen molar-refractivity contribution in [1.82, 2.24) is 0 Å². The van der Waals surface area contributed by atoms with E-state index in [1.54, 1.807) is 0 Å². The lowest BCUT2D eigenvalue weighted by molar-refractivity contribution is -0.113. The van der Waals surface area contributed by atoms with Crippen molar-refractivity contribution in [2.24, 2.45) is 28.6 Å². The van der Waals surface area contributed by atoms with Gasteiger partial charge in [0, 0.05) is 5.92 Å². The summed E-state index contributed by atoms with van der Waals surface area (Å²) in [5, 5.41) is 0. The third kappa shape index (κ3) is 1.12. The zero-order valence-electron chi connectivity index (χ0n) is 9.54. The third-order valence-electron chi connectivity index (χ3n) is 5.63. The van der Waals surface area contributed by atoms with Gasteiger partial charge in [-0.1, -0.05) is 13.0 Å². The number of carbonyl (C=O) groups is 1. The molecule has 3 saturated carbocycles. The maximum atomic E-state index is 11.1. The van der Waals surface area contributed by atoms with Gasteiger partial charge in [0.2, 0.25) is 0 Å². The smallest absolute Gasteiger partial charge is 0.123 e. The van der Waals surface area contributed by atoms with Crippen LogP contribution in [0.3, 0.4) is 0 Å². The Bertz CT molecular complexity index is 315. The number of hydrogen-bond donors (Lipinski definition) is 0. The van der Waals surface area contributed by atoms with Crippen LogP contribution < -0.4 is 0 Å². The van der Waals surface area contributed by atoms with Crippen LogP contribution in [0, 0.1) is 28.6 Å². The van der Waals surface area contributed by atoms with Gasteiger partial charge < -0.3 is 4.79 Å². The van der Waals surface area contributed by atoms with E-state index in [9.17, 15) is 4.79 Å². The Morgan fingerprint density at radius 3 is 2.60 bits per heavy atom. The fourth-order valence-corrected chi connectivity index (χ4v) is 4.34. The minimum absolute atomic E-state index is 0.0957. The second-order valence-corrected chi connectivity index (χ2v) is 6.32. The van der Waals surface area contributed by atoms with Gasteiger partial charge in [0.15, 0.2) is 0 Å². The lowest BCUT2D eigenvalue weighted by atomic mass is 9.72. The molecule has 1 nitrogen and oxygen atoms in total. The molecule has 15 heavy (non-hydrogen) atoms. The summed E-state index contributed by atoms with van der Waals surface area (Å²) in [5.41, 5.74) is 0.811. The lowest BCUT2D eigenvalue weighted by Gasteiger charge is -2.31. The van der Waals surface area contributed by atoms with Crippen molar-refractivity contribution in [2.75, 3.05) is 0 Å². The van der Waals surface area contributed by atoms with Gasteiger partial charge >= 0.3 is 0 Å². The molecule has 3 rings (SSSR count). The molecule has 3 aliphatic rings. The number of allylic oxidation sites excluding steroid dienone is 1. The fourth-order valence-electron chi connectivity index (χ4n) is 4.34. The largest absolute Gasteiger partial charge is 0.303 e. The van der Waals surface area contributed by atoms with E-state index in [1.807, 2.05) is 0 Å². The summed E-state index contributed by atoms with van der Waals surface area (Å²) in [6.07, 6.45) is 10.0. The Labute approximate surface area is 91.9 Å². The Hall–Kier alpha value is -0.590. The second-order valence-electron chi connectivity index (χ2n) is 6.32. The van der Waals surface area contributed by atoms with Crippen LogP contribution in [0.15, 0.2) is 12.7 Å². The Morgan fingerprint density at radius 1 is 1.33 bits per heavy atom. The molecule has 0 amide bonds. The van der Waals surface area contributed by atoms with E-state index in [4.69, 9.17) is 0 Å². The highest BCUT2D eigenvalue weighted by atomic mass is 16.1. The standard InChI is InChI=1S/C14H20O/c1-3-13(2)11(9-15)6-10-7-14(4-5-14)8-12(10)13/h3,9-12H,1,4-8H2,2H3/t10-,11+,12+,13+/m0/s1. The Morgan fingerprint density at radius 2 is 2.07 bits per heavy atom. The molecule has 0 N–H and O–H groups in total. The molecule has 0 aromatic carbocycles. The zero-order chi connectivity index (χ0) is 10.7. The third-order valence-corrected chi connectivity index (χ3v) is 5.63. The quantitative estimate of drug-likeness (QED) is 0.498. The summed E-state index contributed by atoms with van der Waals surface area (Å²) in [4.78, 5) is 11.1. The Kier molecular flexibility index (Phi) is 1.76. The van der Waals surface area contributed by atoms with Crippen molar-refractivity contribution in [3.05, 3.63) is 12.7 Å².